The van der Waals surface area contributed by atoms with Crippen LogP contribution in [0.5, 0.6) is 11.5 Å². The summed E-state index contributed by atoms with van der Waals surface area (Å²) < 4.78 is 10.6. The van der Waals surface area contributed by atoms with Crippen molar-refractivity contribution in [2.45, 2.75) is 50.9 Å². The molecule has 2 aromatic rings. The van der Waals surface area contributed by atoms with Crippen molar-refractivity contribution in [3.8, 4) is 11.5 Å². The molecule has 1 aliphatic rings. The first-order valence-corrected chi connectivity index (χ1v) is 9.51. The van der Waals surface area contributed by atoms with Crippen LogP contribution in [0, 0.1) is 0 Å². The van der Waals surface area contributed by atoms with Crippen molar-refractivity contribution in [1.29, 1.82) is 0 Å². The Bertz CT molecular complexity index is 630. The average Bonchev–Trinajstić information content (AvgIpc) is 2.71. The third-order valence-electron chi connectivity index (χ3n) is 5.17. The van der Waals surface area contributed by atoms with Gasteiger partial charge in [0, 0.05) is 25.2 Å². The molecule has 0 spiro atoms. The van der Waals surface area contributed by atoms with Crippen molar-refractivity contribution in [3.63, 3.8) is 0 Å². The molecule has 0 amide bonds. The number of hydrogen-bond donors (Lipinski definition) is 2. The molecule has 1 saturated carbocycles. The molecule has 26 heavy (non-hydrogen) atoms. The number of nitrogens with one attached hydrogen (secondary N) is 2. The minimum absolute atomic E-state index is 0.501. The number of ether oxygens (including phenoxy) is 2. The Balaban J connectivity index is 1.55. The summed E-state index contributed by atoms with van der Waals surface area (Å²) in [6, 6.07) is 17.6. The maximum absolute atomic E-state index is 5.32. The van der Waals surface area contributed by atoms with Gasteiger partial charge in [0.2, 0.25) is 0 Å². The van der Waals surface area contributed by atoms with Crippen LogP contribution in [0.25, 0.3) is 0 Å². The minimum atomic E-state index is 0.501. The quantitative estimate of drug-likeness (QED) is 0.755. The van der Waals surface area contributed by atoms with Crippen LogP contribution in [0.4, 0.5) is 0 Å². The van der Waals surface area contributed by atoms with Gasteiger partial charge in [-0.1, -0.05) is 37.1 Å². The Kier molecular flexibility index (Phi) is 6.92. The molecule has 2 atom stereocenters. The molecule has 140 valence electrons. The second-order valence-electron chi connectivity index (χ2n) is 6.96. The van der Waals surface area contributed by atoms with Gasteiger partial charge >= 0.3 is 0 Å². The van der Waals surface area contributed by atoms with Gasteiger partial charge in [-0.25, -0.2) is 0 Å². The molecular weight excluding hydrogens is 324 g/mol. The fraction of sp³-hybridized carbons (Fsp3) is 0.455. The van der Waals surface area contributed by atoms with Crippen molar-refractivity contribution < 1.29 is 9.47 Å². The van der Waals surface area contributed by atoms with E-state index < -0.39 is 0 Å². The van der Waals surface area contributed by atoms with Gasteiger partial charge in [0.15, 0.2) is 0 Å². The van der Waals surface area contributed by atoms with Crippen LogP contribution in [0.3, 0.4) is 0 Å². The van der Waals surface area contributed by atoms with Gasteiger partial charge < -0.3 is 20.1 Å². The average molecular weight is 354 g/mol. The van der Waals surface area contributed by atoms with Crippen LogP contribution in [-0.4, -0.2) is 26.3 Å². The van der Waals surface area contributed by atoms with Gasteiger partial charge in [-0.05, 0) is 48.2 Å². The van der Waals surface area contributed by atoms with E-state index in [1.54, 1.807) is 14.2 Å². The first kappa shape index (κ1) is 18.7. The predicted molar refractivity (Wildman–Crippen MR) is 106 cm³/mol. The van der Waals surface area contributed by atoms with Crippen molar-refractivity contribution in [1.82, 2.24) is 10.6 Å². The van der Waals surface area contributed by atoms with Crippen LogP contribution in [0.1, 0.15) is 36.8 Å². The van der Waals surface area contributed by atoms with Crippen LogP contribution < -0.4 is 20.1 Å². The van der Waals surface area contributed by atoms with Crippen LogP contribution >= 0.6 is 0 Å². The summed E-state index contributed by atoms with van der Waals surface area (Å²) >= 11 is 0. The van der Waals surface area contributed by atoms with Crippen LogP contribution in [-0.2, 0) is 13.1 Å². The minimum Gasteiger partial charge on any atom is -0.497 e. The summed E-state index contributed by atoms with van der Waals surface area (Å²) in [7, 11) is 3.43. The highest BCUT2D eigenvalue weighted by atomic mass is 16.5. The molecule has 0 radical (unpaired) electrons. The Morgan fingerprint density at radius 3 is 1.65 bits per heavy atom. The Labute approximate surface area is 156 Å². The van der Waals surface area contributed by atoms with Gasteiger partial charge in [-0.15, -0.1) is 0 Å². The SMILES string of the molecule is COc1cccc(CN[C@@H]2CCCC[C@H]2NCc2cccc(OC)c2)c1. The first-order chi connectivity index (χ1) is 12.8. The first-order valence-electron chi connectivity index (χ1n) is 9.51. The molecule has 4 nitrogen and oxygen atoms in total. The Hall–Kier alpha value is -2.04. The van der Waals surface area contributed by atoms with E-state index in [9.17, 15) is 0 Å². The summed E-state index contributed by atoms with van der Waals surface area (Å²) in [6.45, 7) is 1.75. The highest BCUT2D eigenvalue weighted by molar-refractivity contribution is 5.29. The van der Waals surface area contributed by atoms with Gasteiger partial charge in [0.1, 0.15) is 11.5 Å². The molecule has 1 aliphatic carbocycles. The van der Waals surface area contributed by atoms with Crippen molar-refractivity contribution >= 4 is 0 Å². The highest BCUT2D eigenvalue weighted by Crippen LogP contribution is 2.21. The van der Waals surface area contributed by atoms with Crippen LogP contribution in [0.15, 0.2) is 48.5 Å². The standard InChI is InChI=1S/C22H30N2O2/c1-25-19-9-5-7-17(13-19)15-23-21-11-3-4-12-22(21)24-16-18-8-6-10-20(14-18)26-2/h5-10,13-14,21-24H,3-4,11-12,15-16H2,1-2H3/t21-,22-/m1/s1. The maximum atomic E-state index is 5.32. The fourth-order valence-electron chi connectivity index (χ4n) is 3.68. The molecule has 4 heteroatoms. The third-order valence-corrected chi connectivity index (χ3v) is 5.17. The summed E-state index contributed by atoms with van der Waals surface area (Å²) in [6.07, 6.45) is 5.04. The van der Waals surface area contributed by atoms with E-state index in [-0.39, 0.29) is 0 Å². The van der Waals surface area contributed by atoms with Gasteiger partial charge in [0.25, 0.3) is 0 Å². The summed E-state index contributed by atoms with van der Waals surface area (Å²) in [5.41, 5.74) is 2.53. The lowest BCUT2D eigenvalue weighted by atomic mass is 9.90. The van der Waals surface area contributed by atoms with E-state index in [0.29, 0.717) is 12.1 Å². The van der Waals surface area contributed by atoms with E-state index in [1.165, 1.54) is 36.8 Å². The molecule has 0 saturated heterocycles. The molecule has 0 unspecified atom stereocenters. The highest BCUT2D eigenvalue weighted by Gasteiger charge is 2.24. The normalized spacial score (nSPS) is 19.9. The fourth-order valence-corrected chi connectivity index (χ4v) is 3.68. The van der Waals surface area contributed by atoms with E-state index in [1.807, 2.05) is 12.1 Å². The van der Waals surface area contributed by atoms with E-state index >= 15 is 0 Å². The molecule has 0 aliphatic heterocycles. The van der Waals surface area contributed by atoms with E-state index in [4.69, 9.17) is 9.47 Å². The zero-order valence-electron chi connectivity index (χ0n) is 15.8. The molecule has 0 aromatic heterocycles. The monoisotopic (exact) mass is 354 g/mol. The lowest BCUT2D eigenvalue weighted by Gasteiger charge is -2.33. The lowest BCUT2D eigenvalue weighted by molar-refractivity contribution is 0.281. The zero-order chi connectivity index (χ0) is 18.2. The predicted octanol–water partition coefficient (Wildman–Crippen LogP) is 3.89. The summed E-state index contributed by atoms with van der Waals surface area (Å²) in [5.74, 6) is 1.83. The van der Waals surface area contributed by atoms with Crippen molar-refractivity contribution in [2.24, 2.45) is 0 Å². The summed E-state index contributed by atoms with van der Waals surface area (Å²) in [4.78, 5) is 0. The molecule has 2 aromatic carbocycles. The molecule has 2 N–H and O–H groups in total. The number of hydrogen-bond acceptors (Lipinski definition) is 4. The van der Waals surface area contributed by atoms with Crippen molar-refractivity contribution in [2.75, 3.05) is 14.2 Å². The van der Waals surface area contributed by atoms with E-state index in [0.717, 1.165) is 24.6 Å². The Morgan fingerprint density at radius 1 is 0.769 bits per heavy atom. The lowest BCUT2D eigenvalue weighted by Crippen LogP contribution is -2.49. The topological polar surface area (TPSA) is 42.5 Å². The van der Waals surface area contributed by atoms with Crippen molar-refractivity contribution in [3.05, 3.63) is 59.7 Å². The largest absolute Gasteiger partial charge is 0.497 e. The molecule has 0 bridgehead atoms. The van der Waals surface area contributed by atoms with Gasteiger partial charge in [0.05, 0.1) is 14.2 Å². The number of benzene rings is 2. The zero-order valence-corrected chi connectivity index (χ0v) is 15.8. The van der Waals surface area contributed by atoms with E-state index in [2.05, 4.69) is 47.0 Å². The molecule has 1 fully saturated rings. The maximum Gasteiger partial charge on any atom is 0.119 e. The van der Waals surface area contributed by atoms with Gasteiger partial charge in [-0.3, -0.25) is 0 Å². The van der Waals surface area contributed by atoms with Gasteiger partial charge in [-0.2, -0.15) is 0 Å². The molecular formula is C22H30N2O2. The summed E-state index contributed by atoms with van der Waals surface area (Å²) in [5, 5.41) is 7.51. The molecule has 0 heterocycles. The third kappa shape index (κ3) is 5.23. The second-order valence-corrected chi connectivity index (χ2v) is 6.96. The second kappa shape index (κ2) is 9.60. The number of methoxy groups -OCH3 is 2. The smallest absolute Gasteiger partial charge is 0.119 e. The Morgan fingerprint density at radius 2 is 1.23 bits per heavy atom. The van der Waals surface area contributed by atoms with Crippen LogP contribution in [0.2, 0.25) is 0 Å². The molecule has 3 rings (SSSR count). The number of rotatable bonds is 8.